The highest BCUT2D eigenvalue weighted by Gasteiger charge is 2.35. The van der Waals surface area contributed by atoms with Crippen LogP contribution >= 0.6 is 0 Å². The largest absolute Gasteiger partial charge is 0.300 e. The minimum absolute atomic E-state index is 0.744. The second-order valence-electron chi connectivity index (χ2n) is 7.65. The Hall–Kier alpha value is -0.120. The molecule has 3 fully saturated rings. The highest BCUT2D eigenvalue weighted by molar-refractivity contribution is 4.90. The maximum Gasteiger partial charge on any atom is 0.0113 e. The summed E-state index contributed by atoms with van der Waals surface area (Å²) in [5.41, 5.74) is 0. The molecule has 116 valence electrons. The summed E-state index contributed by atoms with van der Waals surface area (Å²) in [5.74, 6) is 1.98. The zero-order valence-corrected chi connectivity index (χ0v) is 13.7. The van der Waals surface area contributed by atoms with Crippen LogP contribution in [0, 0.1) is 11.8 Å². The molecule has 1 aliphatic carbocycles. The lowest BCUT2D eigenvalue weighted by atomic mass is 9.77. The van der Waals surface area contributed by atoms with Gasteiger partial charge in [0.15, 0.2) is 0 Å². The van der Waals surface area contributed by atoms with Crippen molar-refractivity contribution in [2.24, 2.45) is 11.8 Å². The molecule has 3 nitrogen and oxygen atoms in total. The molecular weight excluding hydrogens is 246 g/mol. The summed E-state index contributed by atoms with van der Waals surface area (Å²) in [4.78, 5) is 8.08. The average Bonchev–Trinajstić information content (AvgIpc) is 2.33. The first-order valence-electron chi connectivity index (χ1n) is 8.86. The van der Waals surface area contributed by atoms with Crippen molar-refractivity contribution in [1.29, 1.82) is 0 Å². The van der Waals surface area contributed by atoms with E-state index < -0.39 is 0 Å². The second-order valence-corrected chi connectivity index (χ2v) is 7.65. The van der Waals surface area contributed by atoms with Crippen LogP contribution in [0.3, 0.4) is 0 Å². The predicted octanol–water partition coefficient (Wildman–Crippen LogP) is 2.13. The Kier molecular flexibility index (Phi) is 4.68. The van der Waals surface area contributed by atoms with Crippen LogP contribution in [0.4, 0.5) is 0 Å². The number of hydrogen-bond acceptors (Lipinski definition) is 3. The molecule has 0 atom stereocenters. The Bertz CT molecular complexity index is 297. The fourth-order valence-electron chi connectivity index (χ4n) is 4.16. The molecule has 0 bridgehead atoms. The molecule has 0 aromatic heterocycles. The van der Waals surface area contributed by atoms with Gasteiger partial charge < -0.3 is 9.80 Å². The number of likely N-dealkylation sites (tertiary alicyclic amines) is 1. The molecule has 0 spiro atoms. The summed E-state index contributed by atoms with van der Waals surface area (Å²) in [5, 5.41) is 0. The maximum absolute atomic E-state index is 2.77. The molecular formula is C17H33N3. The summed E-state index contributed by atoms with van der Waals surface area (Å²) in [6.45, 7) is 16.3. The molecule has 0 radical (unpaired) electrons. The monoisotopic (exact) mass is 279 g/mol. The topological polar surface area (TPSA) is 9.72 Å². The third-order valence-electron chi connectivity index (χ3n) is 5.94. The number of hydrogen-bond donors (Lipinski definition) is 0. The lowest BCUT2D eigenvalue weighted by Crippen LogP contribution is -2.58. The third-order valence-corrected chi connectivity index (χ3v) is 5.94. The van der Waals surface area contributed by atoms with Gasteiger partial charge in [0.2, 0.25) is 0 Å². The van der Waals surface area contributed by atoms with Crippen molar-refractivity contribution in [3.8, 4) is 0 Å². The van der Waals surface area contributed by atoms with Crippen LogP contribution in [0.25, 0.3) is 0 Å². The Morgan fingerprint density at radius 3 is 2.15 bits per heavy atom. The summed E-state index contributed by atoms with van der Waals surface area (Å²) < 4.78 is 0. The van der Waals surface area contributed by atoms with E-state index in [0.717, 1.165) is 23.9 Å². The number of piperazine rings is 1. The van der Waals surface area contributed by atoms with Crippen molar-refractivity contribution < 1.29 is 0 Å². The van der Waals surface area contributed by atoms with Gasteiger partial charge >= 0.3 is 0 Å². The van der Waals surface area contributed by atoms with Crippen molar-refractivity contribution in [3.05, 3.63) is 0 Å². The molecule has 2 saturated heterocycles. The van der Waals surface area contributed by atoms with Crippen molar-refractivity contribution in [1.82, 2.24) is 14.7 Å². The first-order valence-corrected chi connectivity index (χ1v) is 8.86. The van der Waals surface area contributed by atoms with Crippen LogP contribution in [0.5, 0.6) is 0 Å². The Morgan fingerprint density at radius 2 is 1.60 bits per heavy atom. The quantitative estimate of drug-likeness (QED) is 0.763. The summed E-state index contributed by atoms with van der Waals surface area (Å²) in [6, 6.07) is 1.68. The van der Waals surface area contributed by atoms with E-state index in [1.807, 2.05) is 0 Å². The highest BCUT2D eigenvalue weighted by Crippen LogP contribution is 2.34. The van der Waals surface area contributed by atoms with Gasteiger partial charge in [-0.1, -0.05) is 13.3 Å². The SMILES string of the molecule is CCC1CC(N2CCN(CC3CN(C(C)C)C3)CC2)C1. The maximum atomic E-state index is 2.77. The van der Waals surface area contributed by atoms with Gasteiger partial charge in [0.05, 0.1) is 0 Å². The van der Waals surface area contributed by atoms with Crippen LogP contribution in [-0.4, -0.2) is 72.6 Å². The average molecular weight is 279 g/mol. The van der Waals surface area contributed by atoms with Gasteiger partial charge in [0.1, 0.15) is 0 Å². The van der Waals surface area contributed by atoms with E-state index in [-0.39, 0.29) is 0 Å². The molecule has 2 aliphatic heterocycles. The van der Waals surface area contributed by atoms with E-state index >= 15 is 0 Å². The standard InChI is InChI=1S/C17H33N3/c1-4-15-9-17(10-15)19-7-5-18(6-8-19)11-16-12-20(13-16)14(2)3/h14-17H,4-13H2,1-3H3. The zero-order chi connectivity index (χ0) is 14.1. The molecule has 0 amide bonds. The van der Waals surface area contributed by atoms with Crippen LogP contribution in [0.15, 0.2) is 0 Å². The normalized spacial score (nSPS) is 34.2. The second kappa shape index (κ2) is 6.33. The van der Waals surface area contributed by atoms with Gasteiger partial charge in [0, 0.05) is 57.9 Å². The van der Waals surface area contributed by atoms with E-state index in [2.05, 4.69) is 35.5 Å². The molecule has 0 unspecified atom stereocenters. The first kappa shape index (κ1) is 14.8. The van der Waals surface area contributed by atoms with E-state index in [9.17, 15) is 0 Å². The Morgan fingerprint density at radius 1 is 0.950 bits per heavy atom. The van der Waals surface area contributed by atoms with Gasteiger partial charge in [0.25, 0.3) is 0 Å². The minimum atomic E-state index is 0.744. The third kappa shape index (κ3) is 3.20. The predicted molar refractivity (Wildman–Crippen MR) is 85.0 cm³/mol. The van der Waals surface area contributed by atoms with Crippen molar-refractivity contribution >= 4 is 0 Å². The van der Waals surface area contributed by atoms with E-state index in [0.29, 0.717) is 0 Å². The van der Waals surface area contributed by atoms with Crippen LogP contribution in [0.2, 0.25) is 0 Å². The summed E-state index contributed by atoms with van der Waals surface area (Å²) in [6.07, 6.45) is 4.34. The fraction of sp³-hybridized carbons (Fsp3) is 1.00. The van der Waals surface area contributed by atoms with Gasteiger partial charge in [-0.05, 0) is 38.5 Å². The van der Waals surface area contributed by atoms with Crippen molar-refractivity contribution in [3.63, 3.8) is 0 Å². The lowest BCUT2D eigenvalue weighted by molar-refractivity contribution is 0.00336. The van der Waals surface area contributed by atoms with Crippen LogP contribution < -0.4 is 0 Å². The van der Waals surface area contributed by atoms with E-state index in [1.54, 1.807) is 0 Å². The molecule has 3 aliphatic rings. The van der Waals surface area contributed by atoms with Gasteiger partial charge in [-0.25, -0.2) is 0 Å². The smallest absolute Gasteiger partial charge is 0.0113 e. The molecule has 1 saturated carbocycles. The Balaban J connectivity index is 1.31. The molecule has 3 rings (SSSR count). The van der Waals surface area contributed by atoms with E-state index in [1.165, 1.54) is 65.1 Å². The zero-order valence-electron chi connectivity index (χ0n) is 13.7. The summed E-state index contributed by atoms with van der Waals surface area (Å²) >= 11 is 0. The summed E-state index contributed by atoms with van der Waals surface area (Å²) in [7, 11) is 0. The van der Waals surface area contributed by atoms with Gasteiger partial charge in [-0.2, -0.15) is 0 Å². The van der Waals surface area contributed by atoms with Gasteiger partial charge in [-0.15, -0.1) is 0 Å². The molecule has 20 heavy (non-hydrogen) atoms. The van der Waals surface area contributed by atoms with Crippen LogP contribution in [0.1, 0.15) is 40.0 Å². The molecule has 3 heteroatoms. The van der Waals surface area contributed by atoms with Crippen molar-refractivity contribution in [2.45, 2.75) is 52.1 Å². The number of rotatable bonds is 5. The van der Waals surface area contributed by atoms with E-state index in [4.69, 9.17) is 0 Å². The van der Waals surface area contributed by atoms with Crippen molar-refractivity contribution in [2.75, 3.05) is 45.8 Å². The molecule has 0 N–H and O–H groups in total. The lowest BCUT2D eigenvalue weighted by Gasteiger charge is -2.48. The highest BCUT2D eigenvalue weighted by atomic mass is 15.3. The minimum Gasteiger partial charge on any atom is -0.300 e. The van der Waals surface area contributed by atoms with Crippen LogP contribution in [-0.2, 0) is 0 Å². The molecule has 2 heterocycles. The molecule has 0 aromatic rings. The number of nitrogens with zero attached hydrogens (tertiary/aromatic N) is 3. The molecule has 0 aromatic carbocycles. The Labute approximate surface area is 125 Å². The fourth-order valence-corrected chi connectivity index (χ4v) is 4.16. The van der Waals surface area contributed by atoms with Gasteiger partial charge in [-0.3, -0.25) is 4.90 Å². The first-order chi connectivity index (χ1) is 9.65.